The van der Waals surface area contributed by atoms with Crippen molar-refractivity contribution in [2.45, 2.75) is 30.6 Å². The number of rotatable bonds is 5. The predicted octanol–water partition coefficient (Wildman–Crippen LogP) is 3.20. The van der Waals surface area contributed by atoms with Crippen LogP contribution >= 0.6 is 11.3 Å². The van der Waals surface area contributed by atoms with Crippen LogP contribution in [-0.2, 0) is 26.2 Å². The molecule has 1 fully saturated rings. The summed E-state index contributed by atoms with van der Waals surface area (Å²) in [4.78, 5) is 12.3. The van der Waals surface area contributed by atoms with Gasteiger partial charge in [-0.05, 0) is 42.3 Å². The summed E-state index contributed by atoms with van der Waals surface area (Å²) in [5.41, 5.74) is 2.08. The van der Waals surface area contributed by atoms with Gasteiger partial charge in [0.2, 0.25) is 0 Å². The molecular formula is C18H21NO4S2. The van der Waals surface area contributed by atoms with Gasteiger partial charge in [0, 0.05) is 13.1 Å². The Bertz CT molecular complexity index is 823. The molecule has 0 radical (unpaired) electrons. The Morgan fingerprint density at radius 2 is 1.92 bits per heavy atom. The Morgan fingerprint density at radius 1 is 1.20 bits per heavy atom. The fraction of sp³-hybridized carbons (Fsp3) is 0.389. The van der Waals surface area contributed by atoms with Gasteiger partial charge in [-0.1, -0.05) is 30.3 Å². The second-order valence-corrected chi connectivity index (χ2v) is 9.26. The van der Waals surface area contributed by atoms with E-state index in [0.29, 0.717) is 30.1 Å². The molecule has 2 heterocycles. The van der Waals surface area contributed by atoms with Crippen molar-refractivity contribution >= 4 is 27.3 Å². The van der Waals surface area contributed by atoms with Crippen LogP contribution in [0, 0.1) is 12.8 Å². The van der Waals surface area contributed by atoms with Crippen LogP contribution in [0.1, 0.15) is 24.0 Å². The number of aryl methyl sites for hydroxylation is 1. The van der Waals surface area contributed by atoms with Crippen molar-refractivity contribution in [3.63, 3.8) is 0 Å². The van der Waals surface area contributed by atoms with Crippen molar-refractivity contribution in [1.82, 2.24) is 4.31 Å². The van der Waals surface area contributed by atoms with Gasteiger partial charge in [0.1, 0.15) is 10.8 Å². The molecule has 0 bridgehead atoms. The maximum Gasteiger partial charge on any atom is 0.309 e. The highest BCUT2D eigenvalue weighted by Crippen LogP contribution is 2.27. The van der Waals surface area contributed by atoms with Gasteiger partial charge >= 0.3 is 5.97 Å². The Kier molecular flexibility index (Phi) is 5.56. The fourth-order valence-corrected chi connectivity index (χ4v) is 5.52. The van der Waals surface area contributed by atoms with Gasteiger partial charge in [-0.3, -0.25) is 4.79 Å². The van der Waals surface area contributed by atoms with E-state index in [0.717, 1.165) is 11.1 Å². The third-order valence-electron chi connectivity index (χ3n) is 4.51. The molecule has 1 aliphatic rings. The van der Waals surface area contributed by atoms with Crippen LogP contribution in [0.3, 0.4) is 0 Å². The highest BCUT2D eigenvalue weighted by molar-refractivity contribution is 7.91. The second-order valence-electron chi connectivity index (χ2n) is 6.14. The molecule has 25 heavy (non-hydrogen) atoms. The smallest absolute Gasteiger partial charge is 0.309 e. The fourth-order valence-electron chi connectivity index (χ4n) is 2.91. The van der Waals surface area contributed by atoms with Crippen LogP contribution in [0.2, 0.25) is 0 Å². The SMILES string of the molecule is Cc1ccccc1COC(=O)C1CCN(S(=O)(=O)c2cccs2)CC1. The molecule has 0 unspecified atom stereocenters. The Morgan fingerprint density at radius 3 is 2.56 bits per heavy atom. The molecule has 7 heteroatoms. The molecule has 0 atom stereocenters. The predicted molar refractivity (Wildman–Crippen MR) is 96.8 cm³/mol. The summed E-state index contributed by atoms with van der Waals surface area (Å²) in [6.45, 7) is 2.95. The topological polar surface area (TPSA) is 63.7 Å². The minimum absolute atomic E-state index is 0.237. The first kappa shape index (κ1) is 18.1. The van der Waals surface area contributed by atoms with Gasteiger partial charge < -0.3 is 4.74 Å². The zero-order valence-corrected chi connectivity index (χ0v) is 15.7. The Balaban J connectivity index is 1.54. The molecule has 2 aromatic rings. The van der Waals surface area contributed by atoms with Crippen LogP contribution in [0.25, 0.3) is 0 Å². The zero-order valence-electron chi connectivity index (χ0n) is 14.1. The van der Waals surface area contributed by atoms with Crippen molar-refractivity contribution in [2.75, 3.05) is 13.1 Å². The molecule has 0 amide bonds. The van der Waals surface area contributed by atoms with Crippen LogP contribution < -0.4 is 0 Å². The van der Waals surface area contributed by atoms with Crippen molar-refractivity contribution in [3.8, 4) is 0 Å². The molecule has 0 spiro atoms. The molecule has 0 N–H and O–H groups in total. The van der Waals surface area contributed by atoms with E-state index in [1.165, 1.54) is 15.6 Å². The molecule has 5 nitrogen and oxygen atoms in total. The van der Waals surface area contributed by atoms with E-state index in [4.69, 9.17) is 4.74 Å². The summed E-state index contributed by atoms with van der Waals surface area (Å²) in [6.07, 6.45) is 0.994. The third kappa shape index (κ3) is 4.11. The van der Waals surface area contributed by atoms with Gasteiger partial charge in [0.25, 0.3) is 10.0 Å². The normalized spacial score (nSPS) is 16.7. The molecule has 134 valence electrons. The van der Waals surface area contributed by atoms with Gasteiger partial charge in [0.05, 0.1) is 5.92 Å². The number of thiophene rings is 1. The first-order valence-electron chi connectivity index (χ1n) is 8.23. The molecule has 0 aliphatic carbocycles. The quantitative estimate of drug-likeness (QED) is 0.749. The lowest BCUT2D eigenvalue weighted by Crippen LogP contribution is -2.40. The van der Waals surface area contributed by atoms with Crippen molar-refractivity contribution in [2.24, 2.45) is 5.92 Å². The number of carbonyl (C=O) groups excluding carboxylic acids is 1. The number of hydrogen-bond donors (Lipinski definition) is 0. The highest BCUT2D eigenvalue weighted by Gasteiger charge is 2.33. The van der Waals surface area contributed by atoms with E-state index in [1.54, 1.807) is 17.5 Å². The summed E-state index contributed by atoms with van der Waals surface area (Å²) in [7, 11) is -3.43. The summed E-state index contributed by atoms with van der Waals surface area (Å²) >= 11 is 1.22. The van der Waals surface area contributed by atoms with Crippen LogP contribution in [0.4, 0.5) is 0 Å². The average molecular weight is 380 g/mol. The molecule has 1 aromatic heterocycles. The number of ether oxygens (including phenoxy) is 1. The van der Waals surface area contributed by atoms with Gasteiger partial charge in [-0.15, -0.1) is 11.3 Å². The van der Waals surface area contributed by atoms with E-state index in [2.05, 4.69) is 0 Å². The molecule has 1 aliphatic heterocycles. The lowest BCUT2D eigenvalue weighted by atomic mass is 9.98. The van der Waals surface area contributed by atoms with Gasteiger partial charge in [-0.25, -0.2) is 8.42 Å². The summed E-state index contributed by atoms with van der Waals surface area (Å²) < 4.78 is 32.2. The first-order valence-corrected chi connectivity index (χ1v) is 10.6. The Hall–Kier alpha value is -1.70. The average Bonchev–Trinajstić information content (AvgIpc) is 3.16. The van der Waals surface area contributed by atoms with E-state index in [1.807, 2.05) is 31.2 Å². The lowest BCUT2D eigenvalue weighted by molar-refractivity contribution is -0.151. The largest absolute Gasteiger partial charge is 0.461 e. The van der Waals surface area contributed by atoms with Crippen molar-refractivity contribution in [3.05, 3.63) is 52.9 Å². The van der Waals surface area contributed by atoms with Crippen molar-refractivity contribution < 1.29 is 17.9 Å². The standard InChI is InChI=1S/C18H21NO4S2/c1-14-5-2-3-6-16(14)13-23-18(20)15-8-10-19(11-9-15)25(21,22)17-7-4-12-24-17/h2-7,12,15H,8-11,13H2,1H3. The summed E-state index contributed by atoms with van der Waals surface area (Å²) in [5, 5.41) is 1.75. The maximum absolute atomic E-state index is 12.5. The molecule has 0 saturated carbocycles. The molecule has 1 saturated heterocycles. The van der Waals surface area contributed by atoms with Crippen molar-refractivity contribution in [1.29, 1.82) is 0 Å². The van der Waals surface area contributed by atoms with Gasteiger partial charge in [-0.2, -0.15) is 4.31 Å². The second kappa shape index (κ2) is 7.68. The molecular weight excluding hydrogens is 358 g/mol. The molecule has 3 rings (SSSR count). The minimum Gasteiger partial charge on any atom is -0.461 e. The minimum atomic E-state index is -3.43. The number of hydrogen-bond acceptors (Lipinski definition) is 5. The van der Waals surface area contributed by atoms with E-state index in [9.17, 15) is 13.2 Å². The number of sulfonamides is 1. The highest BCUT2D eigenvalue weighted by atomic mass is 32.2. The number of esters is 1. The lowest BCUT2D eigenvalue weighted by Gasteiger charge is -2.29. The maximum atomic E-state index is 12.5. The van der Waals surface area contributed by atoms with Crippen LogP contribution in [0.15, 0.2) is 46.0 Å². The number of carbonyl (C=O) groups is 1. The number of nitrogens with zero attached hydrogens (tertiary/aromatic N) is 1. The van der Waals surface area contributed by atoms with E-state index < -0.39 is 10.0 Å². The van der Waals surface area contributed by atoms with Crippen LogP contribution in [-0.4, -0.2) is 31.8 Å². The Labute approximate surface area is 152 Å². The monoisotopic (exact) mass is 379 g/mol. The number of benzene rings is 1. The van der Waals surface area contributed by atoms with E-state index in [-0.39, 0.29) is 18.5 Å². The summed E-state index contributed by atoms with van der Waals surface area (Å²) in [6, 6.07) is 11.1. The van der Waals surface area contributed by atoms with Crippen LogP contribution in [0.5, 0.6) is 0 Å². The van der Waals surface area contributed by atoms with Gasteiger partial charge in [0.15, 0.2) is 0 Å². The molecule has 1 aromatic carbocycles. The number of piperidine rings is 1. The zero-order chi connectivity index (χ0) is 17.9. The third-order valence-corrected chi connectivity index (χ3v) is 7.78. The first-order chi connectivity index (χ1) is 12.0. The van der Waals surface area contributed by atoms with E-state index >= 15 is 0 Å². The summed E-state index contributed by atoms with van der Waals surface area (Å²) in [5.74, 6) is -0.477.